The van der Waals surface area contributed by atoms with Crippen LogP contribution in [0.2, 0.25) is 0 Å². The first-order chi connectivity index (χ1) is 13.4. The predicted octanol–water partition coefficient (Wildman–Crippen LogP) is 1.89. The number of fused-ring (bicyclic) bond motifs is 1. The molecule has 1 aromatic heterocycles. The van der Waals surface area contributed by atoms with Crippen molar-refractivity contribution in [1.82, 2.24) is 14.9 Å². The van der Waals surface area contributed by atoms with Gasteiger partial charge in [-0.15, -0.1) is 0 Å². The van der Waals surface area contributed by atoms with Gasteiger partial charge in [-0.25, -0.2) is 9.78 Å². The summed E-state index contributed by atoms with van der Waals surface area (Å²) >= 11 is 1.16. The third-order valence-electron chi connectivity index (χ3n) is 4.58. The van der Waals surface area contributed by atoms with E-state index in [2.05, 4.69) is 10.3 Å². The Morgan fingerprint density at radius 2 is 2.14 bits per heavy atom. The number of nitrogens with one attached hydrogen (secondary N) is 1. The highest BCUT2D eigenvalue weighted by Crippen LogP contribution is 2.28. The number of carbonyl (C=O) groups is 2. The summed E-state index contributed by atoms with van der Waals surface area (Å²) in [7, 11) is 0. The second-order valence-corrected chi connectivity index (χ2v) is 8.21. The monoisotopic (exact) mass is 404 g/mol. The topological polar surface area (TPSA) is 116 Å². The van der Waals surface area contributed by atoms with E-state index in [1.54, 1.807) is 22.8 Å². The molecule has 1 saturated heterocycles. The van der Waals surface area contributed by atoms with Gasteiger partial charge in [-0.05, 0) is 30.9 Å². The zero-order chi connectivity index (χ0) is 20.3. The molecular formula is C19H24N4O4S. The molecule has 1 aliphatic heterocycles. The Morgan fingerprint density at radius 1 is 1.39 bits per heavy atom. The Morgan fingerprint density at radius 3 is 2.79 bits per heavy atom. The van der Waals surface area contributed by atoms with Crippen LogP contribution in [0.5, 0.6) is 0 Å². The summed E-state index contributed by atoms with van der Waals surface area (Å²) in [6.45, 7) is 4.78. The second kappa shape index (κ2) is 8.74. The molecule has 1 aromatic carbocycles. The minimum absolute atomic E-state index is 0.0584. The third kappa shape index (κ3) is 4.53. The van der Waals surface area contributed by atoms with Crippen LogP contribution < -0.4 is 16.6 Å². The van der Waals surface area contributed by atoms with Crippen LogP contribution in [0.4, 0.5) is 4.79 Å². The van der Waals surface area contributed by atoms with Crippen LogP contribution in [0.1, 0.15) is 26.7 Å². The maximum Gasteiger partial charge on any atom is 0.318 e. The van der Waals surface area contributed by atoms with Crippen LogP contribution in [0.25, 0.3) is 10.9 Å². The number of imide groups is 1. The van der Waals surface area contributed by atoms with Crippen LogP contribution in [0.15, 0.2) is 34.2 Å². The molecule has 0 spiro atoms. The zero-order valence-electron chi connectivity index (χ0n) is 15.9. The van der Waals surface area contributed by atoms with Crippen LogP contribution >= 0.6 is 11.8 Å². The Kier molecular flexibility index (Phi) is 6.35. The summed E-state index contributed by atoms with van der Waals surface area (Å²) in [5.74, 6) is -0.609. The molecule has 0 radical (unpaired) electrons. The first-order valence-electron chi connectivity index (χ1n) is 9.25. The van der Waals surface area contributed by atoms with E-state index in [4.69, 9.17) is 10.5 Å². The number of aromatic nitrogens is 2. The van der Waals surface area contributed by atoms with Crippen LogP contribution in [0.3, 0.4) is 0 Å². The molecule has 150 valence electrons. The highest BCUT2D eigenvalue weighted by atomic mass is 32.2. The van der Waals surface area contributed by atoms with Crippen molar-refractivity contribution in [3.05, 3.63) is 34.6 Å². The Bertz CT molecular complexity index is 937. The summed E-state index contributed by atoms with van der Waals surface area (Å²) < 4.78 is 7.27. The molecule has 8 nitrogen and oxygen atoms in total. The zero-order valence-corrected chi connectivity index (χ0v) is 16.7. The van der Waals surface area contributed by atoms with Gasteiger partial charge in [0.2, 0.25) is 5.91 Å². The molecule has 0 bridgehead atoms. The highest BCUT2D eigenvalue weighted by molar-refractivity contribution is 8.00. The van der Waals surface area contributed by atoms with Crippen molar-refractivity contribution >= 4 is 34.6 Å². The highest BCUT2D eigenvalue weighted by Gasteiger charge is 2.28. The van der Waals surface area contributed by atoms with Gasteiger partial charge in [0.15, 0.2) is 5.16 Å². The van der Waals surface area contributed by atoms with Gasteiger partial charge in [-0.3, -0.25) is 19.5 Å². The van der Waals surface area contributed by atoms with E-state index in [1.807, 2.05) is 19.9 Å². The van der Waals surface area contributed by atoms with E-state index in [0.29, 0.717) is 29.2 Å². The number of thioether (sulfide) groups is 1. The molecule has 3 N–H and O–H groups in total. The van der Waals surface area contributed by atoms with E-state index < -0.39 is 17.2 Å². The molecule has 0 unspecified atom stereocenters. The molecule has 9 heteroatoms. The van der Waals surface area contributed by atoms with Crippen LogP contribution in [-0.4, -0.2) is 39.5 Å². The van der Waals surface area contributed by atoms with Gasteiger partial charge >= 0.3 is 6.03 Å². The SMILES string of the molecule is CC(C)[C@H](Sc1nc2ccccc2c(=O)n1C[C@@H]1CCCO1)C(=O)NC(N)=O. The Balaban J connectivity index is 2.02. The molecule has 2 aromatic rings. The third-order valence-corrected chi connectivity index (χ3v) is 6.11. The number of ether oxygens (including phenoxy) is 1. The molecule has 3 amide bonds. The maximum absolute atomic E-state index is 13.1. The fraction of sp³-hybridized carbons (Fsp3) is 0.474. The molecule has 2 heterocycles. The summed E-state index contributed by atoms with van der Waals surface area (Å²) in [5.41, 5.74) is 5.50. The maximum atomic E-state index is 13.1. The van der Waals surface area contributed by atoms with Crippen LogP contribution in [-0.2, 0) is 16.1 Å². The molecule has 3 rings (SSSR count). The quantitative estimate of drug-likeness (QED) is 0.561. The molecule has 0 aliphatic carbocycles. The van der Waals surface area contributed by atoms with Crippen molar-refractivity contribution in [3.63, 3.8) is 0 Å². The van der Waals surface area contributed by atoms with Gasteiger partial charge in [0.25, 0.3) is 5.56 Å². The lowest BCUT2D eigenvalue weighted by Gasteiger charge is -2.22. The van der Waals surface area contributed by atoms with Gasteiger partial charge in [0.1, 0.15) is 0 Å². The Hall–Kier alpha value is -2.39. The molecule has 28 heavy (non-hydrogen) atoms. The minimum atomic E-state index is -0.903. The number of rotatable bonds is 6. The fourth-order valence-corrected chi connectivity index (χ4v) is 4.29. The average molecular weight is 404 g/mol. The Labute approximate surface area is 166 Å². The van der Waals surface area contributed by atoms with Gasteiger partial charge in [0.05, 0.1) is 28.8 Å². The van der Waals surface area contributed by atoms with Crippen molar-refractivity contribution in [1.29, 1.82) is 0 Å². The van der Waals surface area contributed by atoms with E-state index in [0.717, 1.165) is 24.6 Å². The average Bonchev–Trinajstić information content (AvgIpc) is 3.14. The number of para-hydroxylation sites is 1. The number of hydrogen-bond donors (Lipinski definition) is 2. The van der Waals surface area contributed by atoms with Crippen molar-refractivity contribution < 1.29 is 14.3 Å². The molecular weight excluding hydrogens is 380 g/mol. The lowest BCUT2D eigenvalue weighted by Crippen LogP contribution is -2.42. The first-order valence-corrected chi connectivity index (χ1v) is 10.1. The van der Waals surface area contributed by atoms with Gasteiger partial charge in [0, 0.05) is 6.61 Å². The molecule has 2 atom stereocenters. The van der Waals surface area contributed by atoms with Crippen molar-refractivity contribution in [2.75, 3.05) is 6.61 Å². The molecule has 0 saturated carbocycles. The smallest absolute Gasteiger partial charge is 0.318 e. The number of primary amides is 1. The molecule has 1 fully saturated rings. The normalized spacial score (nSPS) is 17.8. The van der Waals surface area contributed by atoms with Crippen molar-refractivity contribution in [2.24, 2.45) is 11.7 Å². The van der Waals surface area contributed by atoms with Gasteiger partial charge in [-0.1, -0.05) is 37.7 Å². The number of amides is 3. The van der Waals surface area contributed by atoms with Crippen LogP contribution in [0, 0.1) is 5.92 Å². The summed E-state index contributed by atoms with van der Waals surface area (Å²) in [6, 6.07) is 6.22. The van der Waals surface area contributed by atoms with E-state index in [9.17, 15) is 14.4 Å². The number of urea groups is 1. The summed E-state index contributed by atoms with van der Waals surface area (Å²) in [4.78, 5) is 41.3. The largest absolute Gasteiger partial charge is 0.376 e. The summed E-state index contributed by atoms with van der Waals surface area (Å²) in [6.07, 6.45) is 1.77. The standard InChI is InChI=1S/C19H24N4O4S/c1-11(2)15(16(24)22-18(20)26)28-19-21-14-8-4-3-7-13(14)17(25)23(19)10-12-6-5-9-27-12/h3-4,7-8,11-12,15H,5-6,9-10H2,1-2H3,(H3,20,22,24,26)/t12-,15-/m0/s1. The number of hydrogen-bond acceptors (Lipinski definition) is 6. The first kappa shape index (κ1) is 20.3. The minimum Gasteiger partial charge on any atom is -0.376 e. The summed E-state index contributed by atoms with van der Waals surface area (Å²) in [5, 5.41) is 2.45. The predicted molar refractivity (Wildman–Crippen MR) is 107 cm³/mol. The van der Waals surface area contributed by atoms with Gasteiger partial charge in [-0.2, -0.15) is 0 Å². The number of nitrogens with zero attached hydrogens (tertiary/aromatic N) is 2. The van der Waals surface area contributed by atoms with E-state index >= 15 is 0 Å². The fourth-order valence-electron chi connectivity index (χ4n) is 3.19. The van der Waals surface area contributed by atoms with Gasteiger partial charge < -0.3 is 10.5 Å². The lowest BCUT2D eigenvalue weighted by molar-refractivity contribution is -0.120. The van der Waals surface area contributed by atoms with E-state index in [-0.39, 0.29) is 17.6 Å². The van der Waals surface area contributed by atoms with Crippen molar-refractivity contribution in [3.8, 4) is 0 Å². The van der Waals surface area contributed by atoms with E-state index in [1.165, 1.54) is 0 Å². The number of carbonyl (C=O) groups excluding carboxylic acids is 2. The molecule has 1 aliphatic rings. The second-order valence-electron chi connectivity index (χ2n) is 7.10. The van der Waals surface area contributed by atoms with Crippen molar-refractivity contribution in [2.45, 2.75) is 49.7 Å². The number of benzene rings is 1. The number of nitrogens with two attached hydrogens (primary N) is 1. The lowest BCUT2D eigenvalue weighted by atomic mass is 10.1.